The zero-order valence-corrected chi connectivity index (χ0v) is 11.8. The van der Waals surface area contributed by atoms with Gasteiger partial charge in [0.2, 0.25) is 0 Å². The van der Waals surface area contributed by atoms with Gasteiger partial charge in [0.1, 0.15) is 0 Å². The first-order valence-electron chi connectivity index (χ1n) is 6.83. The predicted octanol–water partition coefficient (Wildman–Crippen LogP) is 4.03. The molecule has 0 aliphatic heterocycles. The van der Waals surface area contributed by atoms with E-state index in [1.54, 1.807) is 0 Å². The second kappa shape index (κ2) is 10.1. The Hall–Kier alpha value is -0.0800. The molecule has 0 amide bonds. The van der Waals surface area contributed by atoms with Crippen molar-refractivity contribution in [3.05, 3.63) is 0 Å². The average molecular weight is 230 g/mol. The van der Waals surface area contributed by atoms with E-state index in [1.165, 1.54) is 0 Å². The van der Waals surface area contributed by atoms with Gasteiger partial charge in [-0.15, -0.1) is 0 Å². The lowest BCUT2D eigenvalue weighted by Crippen LogP contribution is -2.13. The molecule has 0 saturated carbocycles. The molecule has 98 valence electrons. The molecule has 0 rings (SSSR count). The van der Waals surface area contributed by atoms with E-state index in [1.807, 2.05) is 0 Å². The van der Waals surface area contributed by atoms with E-state index in [2.05, 4.69) is 34.6 Å². The molecule has 0 saturated heterocycles. The Morgan fingerprint density at radius 3 is 1.44 bits per heavy atom. The van der Waals surface area contributed by atoms with Crippen LogP contribution in [-0.4, -0.2) is 25.4 Å². The highest BCUT2D eigenvalue weighted by molar-refractivity contribution is 4.54. The molecular weight excluding hydrogens is 200 g/mol. The Kier molecular flexibility index (Phi) is 10.0. The Labute approximate surface area is 102 Å². The standard InChI is InChI=1S/C14H30O2/c1-6-13(4)15-10-8-12(3)9-11-16-14(5)7-2/h12-14H,6-11H2,1-5H3. The molecule has 2 unspecified atom stereocenters. The van der Waals surface area contributed by atoms with Crippen LogP contribution in [0.25, 0.3) is 0 Å². The van der Waals surface area contributed by atoms with Crippen LogP contribution in [0.2, 0.25) is 0 Å². The molecule has 2 atom stereocenters. The largest absolute Gasteiger partial charge is 0.379 e. The lowest BCUT2D eigenvalue weighted by Gasteiger charge is -2.16. The van der Waals surface area contributed by atoms with Crippen LogP contribution in [0, 0.1) is 5.92 Å². The minimum atomic E-state index is 0.406. The van der Waals surface area contributed by atoms with Crippen LogP contribution in [0.4, 0.5) is 0 Å². The van der Waals surface area contributed by atoms with Gasteiger partial charge >= 0.3 is 0 Å². The zero-order valence-electron chi connectivity index (χ0n) is 11.8. The fourth-order valence-electron chi connectivity index (χ4n) is 1.32. The molecule has 0 aromatic carbocycles. The van der Waals surface area contributed by atoms with Gasteiger partial charge < -0.3 is 9.47 Å². The normalized spacial score (nSPS) is 17.1. The van der Waals surface area contributed by atoms with Crippen LogP contribution in [0.5, 0.6) is 0 Å². The van der Waals surface area contributed by atoms with E-state index in [4.69, 9.17) is 9.47 Å². The summed E-state index contributed by atoms with van der Waals surface area (Å²) in [7, 11) is 0. The Balaban J connectivity index is 3.34. The van der Waals surface area contributed by atoms with Crippen LogP contribution >= 0.6 is 0 Å². The molecule has 0 aliphatic rings. The summed E-state index contributed by atoms with van der Waals surface area (Å²) in [6.45, 7) is 12.6. The lowest BCUT2D eigenvalue weighted by atomic mass is 10.1. The average Bonchev–Trinajstić information content (AvgIpc) is 2.28. The third-order valence-electron chi connectivity index (χ3n) is 3.18. The van der Waals surface area contributed by atoms with Gasteiger partial charge in [-0.2, -0.15) is 0 Å². The molecule has 0 radical (unpaired) electrons. The fraction of sp³-hybridized carbons (Fsp3) is 1.00. The SMILES string of the molecule is CCC(C)OCCC(C)CCOC(C)CC. The number of ether oxygens (including phenoxy) is 2. The van der Waals surface area contributed by atoms with E-state index >= 15 is 0 Å². The van der Waals surface area contributed by atoms with Gasteiger partial charge in [-0.05, 0) is 45.4 Å². The molecule has 16 heavy (non-hydrogen) atoms. The Morgan fingerprint density at radius 2 is 1.12 bits per heavy atom. The fourth-order valence-corrected chi connectivity index (χ4v) is 1.32. The highest BCUT2D eigenvalue weighted by Crippen LogP contribution is 2.10. The summed E-state index contributed by atoms with van der Waals surface area (Å²) < 4.78 is 11.3. The quantitative estimate of drug-likeness (QED) is 0.564. The van der Waals surface area contributed by atoms with Crippen molar-refractivity contribution in [2.24, 2.45) is 5.92 Å². The monoisotopic (exact) mass is 230 g/mol. The van der Waals surface area contributed by atoms with Crippen LogP contribution in [-0.2, 0) is 9.47 Å². The highest BCUT2D eigenvalue weighted by Gasteiger charge is 2.05. The van der Waals surface area contributed by atoms with Crippen molar-refractivity contribution in [1.29, 1.82) is 0 Å². The highest BCUT2D eigenvalue weighted by atomic mass is 16.5. The molecule has 0 N–H and O–H groups in total. The summed E-state index contributed by atoms with van der Waals surface area (Å²) in [5.41, 5.74) is 0. The third kappa shape index (κ3) is 9.17. The third-order valence-corrected chi connectivity index (χ3v) is 3.18. The van der Waals surface area contributed by atoms with Crippen molar-refractivity contribution in [3.63, 3.8) is 0 Å². The van der Waals surface area contributed by atoms with Gasteiger partial charge in [0.05, 0.1) is 12.2 Å². The van der Waals surface area contributed by atoms with Crippen molar-refractivity contribution in [2.45, 2.75) is 72.5 Å². The molecule has 2 nitrogen and oxygen atoms in total. The molecule has 0 bridgehead atoms. The first-order valence-corrected chi connectivity index (χ1v) is 6.83. The molecule has 0 aromatic rings. The summed E-state index contributed by atoms with van der Waals surface area (Å²) >= 11 is 0. The minimum Gasteiger partial charge on any atom is -0.379 e. The van der Waals surface area contributed by atoms with Gasteiger partial charge in [0.25, 0.3) is 0 Å². The Morgan fingerprint density at radius 1 is 0.750 bits per heavy atom. The minimum absolute atomic E-state index is 0.406. The van der Waals surface area contributed by atoms with Crippen LogP contribution in [0.15, 0.2) is 0 Å². The maximum Gasteiger partial charge on any atom is 0.0544 e. The van der Waals surface area contributed by atoms with Gasteiger partial charge in [-0.1, -0.05) is 20.8 Å². The van der Waals surface area contributed by atoms with E-state index in [0.29, 0.717) is 18.1 Å². The van der Waals surface area contributed by atoms with Crippen LogP contribution < -0.4 is 0 Å². The van der Waals surface area contributed by atoms with Crippen molar-refractivity contribution in [1.82, 2.24) is 0 Å². The van der Waals surface area contributed by atoms with Crippen LogP contribution in [0.1, 0.15) is 60.3 Å². The molecular formula is C14H30O2. The Bertz CT molecular complexity index is 132. The van der Waals surface area contributed by atoms with Crippen LogP contribution in [0.3, 0.4) is 0 Å². The van der Waals surface area contributed by atoms with Gasteiger partial charge in [-0.3, -0.25) is 0 Å². The summed E-state index contributed by atoms with van der Waals surface area (Å²) in [5, 5.41) is 0. The first kappa shape index (κ1) is 15.9. The molecule has 0 aliphatic carbocycles. The summed E-state index contributed by atoms with van der Waals surface area (Å²) in [4.78, 5) is 0. The predicted molar refractivity (Wildman–Crippen MR) is 69.8 cm³/mol. The van der Waals surface area contributed by atoms with Crippen molar-refractivity contribution in [3.8, 4) is 0 Å². The van der Waals surface area contributed by atoms with Gasteiger partial charge in [-0.25, -0.2) is 0 Å². The maximum atomic E-state index is 5.67. The van der Waals surface area contributed by atoms with E-state index in [9.17, 15) is 0 Å². The van der Waals surface area contributed by atoms with Gasteiger partial charge in [0.15, 0.2) is 0 Å². The van der Waals surface area contributed by atoms with E-state index < -0.39 is 0 Å². The van der Waals surface area contributed by atoms with Gasteiger partial charge in [0, 0.05) is 13.2 Å². The maximum absolute atomic E-state index is 5.67. The van der Waals surface area contributed by atoms with Crippen molar-refractivity contribution < 1.29 is 9.47 Å². The van der Waals surface area contributed by atoms with Crippen molar-refractivity contribution in [2.75, 3.05) is 13.2 Å². The summed E-state index contributed by atoms with van der Waals surface area (Å²) in [6.07, 6.45) is 5.31. The second-order valence-electron chi connectivity index (χ2n) is 4.86. The number of rotatable bonds is 10. The first-order chi connectivity index (χ1) is 7.60. The van der Waals surface area contributed by atoms with E-state index in [0.717, 1.165) is 38.9 Å². The number of hydrogen-bond donors (Lipinski definition) is 0. The topological polar surface area (TPSA) is 18.5 Å². The molecule has 0 spiro atoms. The summed E-state index contributed by atoms with van der Waals surface area (Å²) in [6, 6.07) is 0. The van der Waals surface area contributed by atoms with Crippen molar-refractivity contribution >= 4 is 0 Å². The molecule has 2 heteroatoms. The molecule has 0 fully saturated rings. The smallest absolute Gasteiger partial charge is 0.0544 e. The molecule has 0 aromatic heterocycles. The van der Waals surface area contributed by atoms with E-state index in [-0.39, 0.29) is 0 Å². The number of hydrogen-bond acceptors (Lipinski definition) is 2. The summed E-state index contributed by atoms with van der Waals surface area (Å²) in [5.74, 6) is 0.702. The molecule has 0 heterocycles. The zero-order chi connectivity index (χ0) is 12.4. The second-order valence-corrected chi connectivity index (χ2v) is 4.86. The lowest BCUT2D eigenvalue weighted by molar-refractivity contribution is 0.0388.